The van der Waals surface area contributed by atoms with Crippen molar-refractivity contribution in [3.05, 3.63) is 41.9 Å². The summed E-state index contributed by atoms with van der Waals surface area (Å²) in [6.07, 6.45) is 7.91. The number of imidazole rings is 1. The number of benzene rings is 1. The van der Waals surface area contributed by atoms with Gasteiger partial charge in [0.15, 0.2) is 0 Å². The van der Waals surface area contributed by atoms with Crippen LogP contribution in [0, 0.1) is 5.92 Å². The second-order valence-corrected chi connectivity index (χ2v) is 5.43. The number of hydrogen-bond acceptors (Lipinski definition) is 2. The van der Waals surface area contributed by atoms with Gasteiger partial charge in [-0.15, -0.1) is 0 Å². The van der Waals surface area contributed by atoms with Crippen LogP contribution >= 0.6 is 11.6 Å². The molecular weight excluding hydrogens is 246 g/mol. The Kier molecular flexibility index (Phi) is 3.00. The Morgan fingerprint density at radius 2 is 2.22 bits per heavy atom. The van der Waals surface area contributed by atoms with E-state index in [9.17, 15) is 0 Å². The monoisotopic (exact) mass is 261 g/mol. The summed E-state index contributed by atoms with van der Waals surface area (Å²) < 4.78 is 1.95. The van der Waals surface area contributed by atoms with Crippen molar-refractivity contribution in [2.45, 2.75) is 25.8 Å². The number of halogens is 1. The van der Waals surface area contributed by atoms with E-state index in [1.807, 2.05) is 22.9 Å². The Labute approximate surface area is 112 Å². The first-order valence-electron chi connectivity index (χ1n) is 6.27. The largest absolute Gasteiger partial charge is 0.381 e. The van der Waals surface area contributed by atoms with Crippen molar-refractivity contribution in [1.29, 1.82) is 0 Å². The van der Waals surface area contributed by atoms with E-state index in [1.165, 1.54) is 12.8 Å². The lowest BCUT2D eigenvalue weighted by Crippen LogP contribution is -2.34. The maximum absolute atomic E-state index is 6.31. The summed E-state index contributed by atoms with van der Waals surface area (Å²) in [5, 5.41) is 4.31. The van der Waals surface area contributed by atoms with E-state index in [4.69, 9.17) is 11.6 Å². The molecule has 2 aromatic rings. The highest BCUT2D eigenvalue weighted by Gasteiger charge is 2.25. The Balaban J connectivity index is 1.91. The summed E-state index contributed by atoms with van der Waals surface area (Å²) in [5.41, 5.74) is 2.06. The van der Waals surface area contributed by atoms with Crippen LogP contribution in [0.3, 0.4) is 0 Å². The molecular formula is C14H16ClN3. The van der Waals surface area contributed by atoms with Crippen molar-refractivity contribution in [1.82, 2.24) is 9.55 Å². The second kappa shape index (κ2) is 4.65. The summed E-state index contributed by atoms with van der Waals surface area (Å²) in [6, 6.07) is 6.53. The van der Waals surface area contributed by atoms with Crippen molar-refractivity contribution in [2.75, 3.05) is 5.32 Å². The number of rotatable bonds is 3. The standard InChI is InChI=1S/C14H16ClN3/c1-10-7-11(8-10)17-13-4-2-3-12(15)14(13)18-6-5-16-9-18/h2-6,9-11,17H,7-8H2,1H3. The van der Waals surface area contributed by atoms with E-state index in [2.05, 4.69) is 23.3 Å². The van der Waals surface area contributed by atoms with Crippen molar-refractivity contribution in [3.63, 3.8) is 0 Å². The minimum absolute atomic E-state index is 0.570. The number of nitrogens with zero attached hydrogens (tertiary/aromatic N) is 2. The molecule has 0 unspecified atom stereocenters. The summed E-state index contributed by atoms with van der Waals surface area (Å²) in [5.74, 6) is 0.832. The number of anilines is 1. The van der Waals surface area contributed by atoms with Crippen molar-refractivity contribution in [3.8, 4) is 5.69 Å². The zero-order valence-corrected chi connectivity index (χ0v) is 11.1. The smallest absolute Gasteiger partial charge is 0.0992 e. The number of para-hydroxylation sites is 1. The fraction of sp³-hybridized carbons (Fsp3) is 0.357. The predicted octanol–water partition coefficient (Wildman–Crippen LogP) is 3.74. The number of aromatic nitrogens is 2. The molecule has 3 rings (SSSR count). The molecule has 94 valence electrons. The van der Waals surface area contributed by atoms with Crippen LogP contribution in [-0.2, 0) is 0 Å². The highest BCUT2D eigenvalue weighted by atomic mass is 35.5. The van der Waals surface area contributed by atoms with Crippen LogP contribution in [0.2, 0.25) is 5.02 Å². The molecule has 4 heteroatoms. The molecule has 0 aliphatic heterocycles. The lowest BCUT2D eigenvalue weighted by Gasteiger charge is -2.34. The lowest BCUT2D eigenvalue weighted by molar-refractivity contribution is 0.309. The molecule has 0 amide bonds. The molecule has 0 bridgehead atoms. The van der Waals surface area contributed by atoms with E-state index < -0.39 is 0 Å². The molecule has 1 fully saturated rings. The van der Waals surface area contributed by atoms with Gasteiger partial charge in [-0.1, -0.05) is 24.6 Å². The maximum atomic E-state index is 6.31. The van der Waals surface area contributed by atoms with Crippen molar-refractivity contribution in [2.24, 2.45) is 5.92 Å². The third-order valence-corrected chi connectivity index (χ3v) is 3.79. The average molecular weight is 262 g/mol. The minimum Gasteiger partial charge on any atom is -0.381 e. The fourth-order valence-corrected chi connectivity index (χ4v) is 2.80. The van der Waals surface area contributed by atoms with Gasteiger partial charge in [0.2, 0.25) is 0 Å². The van der Waals surface area contributed by atoms with Gasteiger partial charge in [-0.05, 0) is 30.9 Å². The molecule has 0 saturated heterocycles. The molecule has 1 saturated carbocycles. The van der Waals surface area contributed by atoms with Gasteiger partial charge < -0.3 is 9.88 Å². The Hall–Kier alpha value is -1.48. The minimum atomic E-state index is 0.570. The average Bonchev–Trinajstić information content (AvgIpc) is 2.80. The fourth-order valence-electron chi connectivity index (χ4n) is 2.53. The predicted molar refractivity (Wildman–Crippen MR) is 74.4 cm³/mol. The summed E-state index contributed by atoms with van der Waals surface area (Å²) >= 11 is 6.31. The van der Waals surface area contributed by atoms with Gasteiger partial charge >= 0.3 is 0 Å². The Bertz CT molecular complexity index is 530. The molecule has 1 N–H and O–H groups in total. The van der Waals surface area contributed by atoms with Crippen molar-refractivity contribution >= 4 is 17.3 Å². The van der Waals surface area contributed by atoms with E-state index in [0.717, 1.165) is 22.3 Å². The number of nitrogens with one attached hydrogen (secondary N) is 1. The van der Waals surface area contributed by atoms with Crippen LogP contribution in [-0.4, -0.2) is 15.6 Å². The Morgan fingerprint density at radius 1 is 1.39 bits per heavy atom. The van der Waals surface area contributed by atoms with Crippen molar-refractivity contribution < 1.29 is 0 Å². The van der Waals surface area contributed by atoms with Gasteiger partial charge in [0.1, 0.15) is 0 Å². The van der Waals surface area contributed by atoms with E-state index in [1.54, 1.807) is 12.5 Å². The van der Waals surface area contributed by atoms with E-state index >= 15 is 0 Å². The molecule has 1 aromatic heterocycles. The van der Waals surface area contributed by atoms with E-state index in [0.29, 0.717) is 6.04 Å². The summed E-state index contributed by atoms with van der Waals surface area (Å²) in [7, 11) is 0. The third kappa shape index (κ3) is 2.10. The molecule has 1 aromatic carbocycles. The first kappa shape index (κ1) is 11.6. The third-order valence-electron chi connectivity index (χ3n) is 3.48. The molecule has 18 heavy (non-hydrogen) atoms. The highest BCUT2D eigenvalue weighted by molar-refractivity contribution is 6.33. The summed E-state index contributed by atoms with van der Waals surface area (Å²) in [4.78, 5) is 4.08. The molecule has 0 radical (unpaired) electrons. The molecule has 3 nitrogen and oxygen atoms in total. The van der Waals surface area contributed by atoms with Crippen LogP contribution in [0.5, 0.6) is 0 Å². The van der Waals surface area contributed by atoms with Gasteiger partial charge in [0, 0.05) is 18.4 Å². The second-order valence-electron chi connectivity index (χ2n) is 5.02. The molecule has 0 spiro atoms. The van der Waals surface area contributed by atoms with E-state index in [-0.39, 0.29) is 0 Å². The van der Waals surface area contributed by atoms with Crippen LogP contribution in [0.15, 0.2) is 36.9 Å². The summed E-state index contributed by atoms with van der Waals surface area (Å²) in [6.45, 7) is 2.28. The highest BCUT2D eigenvalue weighted by Crippen LogP contribution is 2.34. The zero-order valence-electron chi connectivity index (χ0n) is 10.3. The van der Waals surface area contributed by atoms with Gasteiger partial charge in [-0.3, -0.25) is 0 Å². The number of hydrogen-bond donors (Lipinski definition) is 1. The maximum Gasteiger partial charge on any atom is 0.0992 e. The molecule has 1 aliphatic rings. The van der Waals surface area contributed by atoms with Gasteiger partial charge in [-0.2, -0.15) is 0 Å². The van der Waals surface area contributed by atoms with Crippen LogP contribution in [0.4, 0.5) is 5.69 Å². The SMILES string of the molecule is CC1CC(Nc2cccc(Cl)c2-n2ccnc2)C1. The topological polar surface area (TPSA) is 29.9 Å². The van der Waals surface area contributed by atoms with Crippen LogP contribution < -0.4 is 5.32 Å². The first-order valence-corrected chi connectivity index (χ1v) is 6.65. The van der Waals surface area contributed by atoms with Crippen LogP contribution in [0.1, 0.15) is 19.8 Å². The lowest BCUT2D eigenvalue weighted by atomic mass is 9.82. The van der Waals surface area contributed by atoms with Crippen LogP contribution in [0.25, 0.3) is 5.69 Å². The first-order chi connectivity index (χ1) is 8.74. The zero-order chi connectivity index (χ0) is 12.5. The van der Waals surface area contributed by atoms with Gasteiger partial charge in [-0.25, -0.2) is 4.98 Å². The quantitative estimate of drug-likeness (QED) is 0.912. The molecule has 1 aliphatic carbocycles. The Morgan fingerprint density at radius 3 is 2.89 bits per heavy atom. The molecule has 1 heterocycles. The van der Waals surface area contributed by atoms with Gasteiger partial charge in [0.25, 0.3) is 0 Å². The normalized spacial score (nSPS) is 22.6. The molecule has 0 atom stereocenters. The van der Waals surface area contributed by atoms with Gasteiger partial charge in [0.05, 0.1) is 22.7 Å².